The van der Waals surface area contributed by atoms with Crippen LogP contribution in [0.15, 0.2) is 18.2 Å². The highest BCUT2D eigenvalue weighted by Gasteiger charge is 2.15. The summed E-state index contributed by atoms with van der Waals surface area (Å²) in [4.78, 5) is 4.17. The van der Waals surface area contributed by atoms with E-state index in [0.29, 0.717) is 17.9 Å². The summed E-state index contributed by atoms with van der Waals surface area (Å²) < 4.78 is 5.72. The fourth-order valence-corrected chi connectivity index (χ4v) is 1.97. The van der Waals surface area contributed by atoms with Crippen LogP contribution in [0.4, 0.5) is 0 Å². The Morgan fingerprint density at radius 1 is 1.36 bits per heavy atom. The first-order chi connectivity index (χ1) is 6.84. The van der Waals surface area contributed by atoms with E-state index in [9.17, 15) is 0 Å². The van der Waals surface area contributed by atoms with Crippen molar-refractivity contribution in [2.45, 2.75) is 38.4 Å². The average molecular weight is 212 g/mol. The highest BCUT2D eigenvalue weighted by molar-refractivity contribution is 6.29. The van der Waals surface area contributed by atoms with Crippen LogP contribution in [0.1, 0.15) is 31.4 Å². The molecule has 0 aliphatic heterocycles. The first kappa shape index (κ1) is 9.94. The van der Waals surface area contributed by atoms with E-state index in [1.54, 1.807) is 6.07 Å². The van der Waals surface area contributed by atoms with Crippen LogP contribution in [0.3, 0.4) is 0 Å². The van der Waals surface area contributed by atoms with Gasteiger partial charge in [0.25, 0.3) is 0 Å². The number of pyridine rings is 1. The average Bonchev–Trinajstić information content (AvgIpc) is 2.67. The molecule has 0 radical (unpaired) electrons. The number of aromatic nitrogens is 1. The monoisotopic (exact) mass is 211 g/mol. The Kier molecular flexibility index (Phi) is 3.38. The van der Waals surface area contributed by atoms with Gasteiger partial charge in [-0.25, -0.2) is 4.98 Å². The van der Waals surface area contributed by atoms with E-state index < -0.39 is 0 Å². The number of hydrogen-bond acceptors (Lipinski definition) is 2. The van der Waals surface area contributed by atoms with Gasteiger partial charge in [0.2, 0.25) is 0 Å². The lowest BCUT2D eigenvalue weighted by molar-refractivity contribution is 0.0438. The second-order valence-corrected chi connectivity index (χ2v) is 4.06. The van der Waals surface area contributed by atoms with Gasteiger partial charge in [0.15, 0.2) is 0 Å². The van der Waals surface area contributed by atoms with Gasteiger partial charge < -0.3 is 4.74 Å². The van der Waals surface area contributed by atoms with Gasteiger partial charge >= 0.3 is 0 Å². The molecule has 14 heavy (non-hydrogen) atoms. The van der Waals surface area contributed by atoms with Gasteiger partial charge in [-0.3, -0.25) is 0 Å². The number of nitrogens with zero attached hydrogens (tertiary/aromatic N) is 1. The third-order valence-electron chi connectivity index (χ3n) is 2.54. The maximum absolute atomic E-state index is 5.77. The maximum Gasteiger partial charge on any atom is 0.129 e. The van der Waals surface area contributed by atoms with Crippen LogP contribution in [0.5, 0.6) is 0 Å². The fourth-order valence-electron chi connectivity index (χ4n) is 1.79. The van der Waals surface area contributed by atoms with Crippen molar-refractivity contribution in [1.82, 2.24) is 4.98 Å². The van der Waals surface area contributed by atoms with Crippen LogP contribution in [0.2, 0.25) is 5.15 Å². The van der Waals surface area contributed by atoms with Crippen molar-refractivity contribution in [3.63, 3.8) is 0 Å². The highest BCUT2D eigenvalue weighted by Crippen LogP contribution is 2.21. The molecule has 0 atom stereocenters. The van der Waals surface area contributed by atoms with Crippen molar-refractivity contribution < 1.29 is 4.74 Å². The van der Waals surface area contributed by atoms with E-state index in [4.69, 9.17) is 16.3 Å². The first-order valence-corrected chi connectivity index (χ1v) is 5.45. The van der Waals surface area contributed by atoms with Gasteiger partial charge in [-0.1, -0.05) is 30.5 Å². The summed E-state index contributed by atoms with van der Waals surface area (Å²) in [5, 5.41) is 0.539. The third kappa shape index (κ3) is 2.69. The summed E-state index contributed by atoms with van der Waals surface area (Å²) in [5.41, 5.74) is 0.921. The van der Waals surface area contributed by atoms with E-state index in [2.05, 4.69) is 4.98 Å². The Bertz CT molecular complexity index is 297. The van der Waals surface area contributed by atoms with Gasteiger partial charge in [0, 0.05) is 0 Å². The van der Waals surface area contributed by atoms with Gasteiger partial charge in [-0.2, -0.15) is 0 Å². The zero-order chi connectivity index (χ0) is 9.80. The fraction of sp³-hybridized carbons (Fsp3) is 0.545. The molecular formula is C11H14ClNO. The van der Waals surface area contributed by atoms with E-state index >= 15 is 0 Å². The third-order valence-corrected chi connectivity index (χ3v) is 2.75. The van der Waals surface area contributed by atoms with Crippen molar-refractivity contribution in [2.75, 3.05) is 0 Å². The molecule has 0 N–H and O–H groups in total. The van der Waals surface area contributed by atoms with Crippen LogP contribution in [-0.4, -0.2) is 11.1 Å². The molecule has 76 valence electrons. The largest absolute Gasteiger partial charge is 0.372 e. The van der Waals surface area contributed by atoms with E-state index in [1.807, 2.05) is 12.1 Å². The van der Waals surface area contributed by atoms with Gasteiger partial charge in [0.1, 0.15) is 5.15 Å². The first-order valence-electron chi connectivity index (χ1n) is 5.07. The second-order valence-electron chi connectivity index (χ2n) is 3.67. The molecule has 1 heterocycles. The van der Waals surface area contributed by atoms with Crippen molar-refractivity contribution >= 4 is 11.6 Å². The summed E-state index contributed by atoms with van der Waals surface area (Å²) in [6, 6.07) is 5.63. The molecule has 0 saturated heterocycles. The molecule has 1 aromatic rings. The van der Waals surface area contributed by atoms with Crippen molar-refractivity contribution in [2.24, 2.45) is 0 Å². The molecule has 2 nitrogen and oxygen atoms in total. The van der Waals surface area contributed by atoms with Crippen LogP contribution in [0.25, 0.3) is 0 Å². The smallest absolute Gasteiger partial charge is 0.129 e. The summed E-state index contributed by atoms with van der Waals surface area (Å²) in [6.07, 6.45) is 5.43. The molecule has 0 amide bonds. The van der Waals surface area contributed by atoms with Crippen LogP contribution >= 0.6 is 11.6 Å². The number of hydrogen-bond donors (Lipinski definition) is 0. The Hall–Kier alpha value is -0.600. The summed E-state index contributed by atoms with van der Waals surface area (Å²) >= 11 is 5.77. The standard InChI is InChI=1S/C11H14ClNO/c12-11-7-3-4-9(13-11)8-14-10-5-1-2-6-10/h3-4,7,10H,1-2,5-6,8H2. The summed E-state index contributed by atoms with van der Waals surface area (Å²) in [7, 11) is 0. The molecule has 0 bridgehead atoms. The number of halogens is 1. The Labute approximate surface area is 89.3 Å². The van der Waals surface area contributed by atoms with Crippen molar-refractivity contribution in [3.8, 4) is 0 Å². The molecule has 1 aliphatic carbocycles. The quantitative estimate of drug-likeness (QED) is 0.717. The molecule has 1 fully saturated rings. The summed E-state index contributed by atoms with van der Waals surface area (Å²) in [5.74, 6) is 0. The molecule has 0 aromatic carbocycles. The molecule has 0 unspecified atom stereocenters. The summed E-state index contributed by atoms with van der Waals surface area (Å²) in [6.45, 7) is 0.589. The normalized spacial score (nSPS) is 17.5. The Balaban J connectivity index is 1.85. The second kappa shape index (κ2) is 4.76. The SMILES string of the molecule is Clc1cccc(COC2CCCC2)n1. The van der Waals surface area contributed by atoms with Gasteiger partial charge in [-0.05, 0) is 25.0 Å². The van der Waals surface area contributed by atoms with E-state index in [-0.39, 0.29) is 0 Å². The molecule has 1 saturated carbocycles. The molecular weight excluding hydrogens is 198 g/mol. The van der Waals surface area contributed by atoms with E-state index in [0.717, 1.165) is 5.69 Å². The van der Waals surface area contributed by atoms with Crippen molar-refractivity contribution in [1.29, 1.82) is 0 Å². The Morgan fingerprint density at radius 2 is 2.14 bits per heavy atom. The lowest BCUT2D eigenvalue weighted by Crippen LogP contribution is -2.07. The van der Waals surface area contributed by atoms with E-state index in [1.165, 1.54) is 25.7 Å². The van der Waals surface area contributed by atoms with Gasteiger partial charge in [0.05, 0.1) is 18.4 Å². The zero-order valence-corrected chi connectivity index (χ0v) is 8.83. The predicted molar refractivity (Wildman–Crippen MR) is 56.3 cm³/mol. The van der Waals surface area contributed by atoms with Crippen LogP contribution < -0.4 is 0 Å². The van der Waals surface area contributed by atoms with Crippen molar-refractivity contribution in [3.05, 3.63) is 29.0 Å². The lowest BCUT2D eigenvalue weighted by atomic mass is 10.3. The minimum absolute atomic E-state index is 0.441. The molecule has 2 rings (SSSR count). The van der Waals surface area contributed by atoms with Gasteiger partial charge in [-0.15, -0.1) is 0 Å². The zero-order valence-electron chi connectivity index (χ0n) is 8.08. The van der Waals surface area contributed by atoms with Crippen LogP contribution in [0, 0.1) is 0 Å². The number of ether oxygens (including phenoxy) is 1. The molecule has 0 spiro atoms. The lowest BCUT2D eigenvalue weighted by Gasteiger charge is -2.10. The molecule has 3 heteroatoms. The molecule has 1 aliphatic rings. The minimum Gasteiger partial charge on any atom is -0.372 e. The number of rotatable bonds is 3. The van der Waals surface area contributed by atoms with Crippen LogP contribution in [-0.2, 0) is 11.3 Å². The topological polar surface area (TPSA) is 22.1 Å². The Morgan fingerprint density at radius 3 is 2.86 bits per heavy atom. The predicted octanol–water partition coefficient (Wildman–Crippen LogP) is 3.19. The molecule has 1 aromatic heterocycles. The minimum atomic E-state index is 0.441. The maximum atomic E-state index is 5.77. The highest BCUT2D eigenvalue weighted by atomic mass is 35.5.